The molecule has 16 nitrogen and oxygen atoms in total. The maximum Gasteiger partial charge on any atom is 0.319 e. The molecule has 0 heterocycles. The maximum atomic E-state index is 13.1. The van der Waals surface area contributed by atoms with E-state index in [4.69, 9.17) is 18.9 Å². The third kappa shape index (κ3) is 24.1. The summed E-state index contributed by atoms with van der Waals surface area (Å²) in [4.78, 5) is 52.3. The molecule has 0 atom stereocenters. The summed E-state index contributed by atoms with van der Waals surface area (Å²) >= 11 is 0. The summed E-state index contributed by atoms with van der Waals surface area (Å²) in [5, 5.41) is 24.0. The highest BCUT2D eigenvalue weighted by atomic mass is 16.5. The Morgan fingerprint density at radius 2 is 0.442 bits per heavy atom. The largest absolute Gasteiger partial charge is 0.493 e. The number of hydrogen-bond acceptors (Lipinski definition) is 8. The van der Waals surface area contributed by atoms with Crippen LogP contribution < -0.4 is 61.5 Å². The number of carbonyl (C=O) groups excluding carboxylic acids is 4. The van der Waals surface area contributed by atoms with E-state index in [9.17, 15) is 19.2 Å². The number of unbranched alkanes of at least 4 members (excludes halogenated alkanes) is 4. The van der Waals surface area contributed by atoms with Crippen molar-refractivity contribution in [2.75, 3.05) is 73.9 Å². The van der Waals surface area contributed by atoms with Crippen LogP contribution >= 0.6 is 0 Å². The fourth-order valence-electron chi connectivity index (χ4n) is 12.6. The molecule has 8 N–H and O–H groups in total. The summed E-state index contributed by atoms with van der Waals surface area (Å²) in [7, 11) is 0. The molecule has 9 rings (SSSR count). The molecule has 0 spiro atoms. The van der Waals surface area contributed by atoms with Gasteiger partial charge in [-0.15, -0.1) is 0 Å². The summed E-state index contributed by atoms with van der Waals surface area (Å²) in [6, 6.07) is 55.5. The van der Waals surface area contributed by atoms with Crippen LogP contribution in [0.2, 0.25) is 0 Å². The van der Waals surface area contributed by atoms with Crippen LogP contribution in [0.4, 0.5) is 41.9 Å². The minimum Gasteiger partial charge on any atom is -0.493 e. The van der Waals surface area contributed by atoms with Crippen LogP contribution in [0.5, 0.6) is 23.0 Å². The lowest BCUT2D eigenvalue weighted by molar-refractivity contribution is 0.250. The van der Waals surface area contributed by atoms with Crippen molar-refractivity contribution in [1.29, 1.82) is 0 Å². The van der Waals surface area contributed by atoms with Crippen LogP contribution in [-0.4, -0.2) is 76.7 Å². The molecule has 0 aromatic heterocycles. The minimum absolute atomic E-state index is 0.257. The van der Waals surface area contributed by atoms with E-state index in [1.807, 2.05) is 121 Å². The Labute approximate surface area is 618 Å². The van der Waals surface area contributed by atoms with Gasteiger partial charge in [-0.3, -0.25) is 0 Å². The van der Waals surface area contributed by atoms with Gasteiger partial charge in [0.2, 0.25) is 0 Å². The SMILES string of the molecule is CC(C)(C)c1cc2c(OCCCCNC(=O)Nc3ccccc3)c(c1)Cc1cc(C(C)(C)C)cc(c1OCCCCNC(=O)Nc1ccccc1)Cc1cc(C(C)(C)C)cc(c1OCCCCNC(=O)Nc1ccccc1)Cc1cc(C(C)(C)C)cc(c1OCCCCNC(=O)Nc1ccccc1)C2. The number of rotatable bonds is 28. The molecule has 104 heavy (non-hydrogen) atoms. The number of nitrogens with one attached hydrogen (secondary N) is 8. The molecule has 8 bridgehead atoms. The second kappa shape index (κ2) is 37.0. The predicted molar refractivity (Wildman–Crippen MR) is 425 cm³/mol. The van der Waals surface area contributed by atoms with Crippen molar-refractivity contribution in [2.45, 2.75) is 182 Å². The first kappa shape index (κ1) is 78.2. The quantitative estimate of drug-likeness (QED) is 0.0221. The Morgan fingerprint density at radius 1 is 0.269 bits per heavy atom. The summed E-state index contributed by atoms with van der Waals surface area (Å²) in [5.74, 6) is 3.24. The number of amides is 8. The Balaban J connectivity index is 1.16. The van der Waals surface area contributed by atoms with Gasteiger partial charge in [-0.05, 0) is 188 Å². The standard InChI is InChI=1S/C88H112N8O8/c1-85(2,3)69-53-61-49-63-55-70(86(4,5)6)57-65(78(63)102-46-30-26-42-90-82(98)94-74-35-19-14-20-36-74)51-67-59-72(88(10,11)12)60-68(80(67)104-48-32-28-44-92-84(100)96-76-39-23-16-24-40-76)52-66-58-71(87(7,8)9)56-64(79(66)103-47-31-27-43-91-83(99)95-75-37-21-15-22-38-75)50-62(54-69)77(61)101-45-29-25-41-89-81(97)93-73-33-17-13-18-34-73/h13-24,33-40,53-60H,25-32,41-52H2,1-12H3,(H2,89,93,97)(H2,90,94,98)(H2,91,95,99)(H2,92,96,100). The topological polar surface area (TPSA) is 201 Å². The highest BCUT2D eigenvalue weighted by Gasteiger charge is 2.30. The lowest BCUT2D eigenvalue weighted by atomic mass is 9.79. The number of benzene rings is 8. The highest BCUT2D eigenvalue weighted by Crippen LogP contribution is 2.45. The third-order valence-corrected chi connectivity index (χ3v) is 18.5. The molecule has 8 aromatic rings. The molecule has 1 aliphatic carbocycles. The Hall–Kier alpha value is -9.96. The van der Waals surface area contributed by atoms with Crippen molar-refractivity contribution in [3.8, 4) is 23.0 Å². The van der Waals surface area contributed by atoms with Gasteiger partial charge in [0.05, 0.1) is 26.4 Å². The minimum atomic E-state index is -0.278. The Morgan fingerprint density at radius 3 is 0.606 bits per heavy atom. The van der Waals surface area contributed by atoms with Crippen molar-refractivity contribution in [1.82, 2.24) is 21.3 Å². The molecule has 552 valence electrons. The monoisotopic (exact) mass is 1410 g/mol. The van der Waals surface area contributed by atoms with Gasteiger partial charge in [0.1, 0.15) is 23.0 Å². The van der Waals surface area contributed by atoms with Crippen LogP contribution in [0.25, 0.3) is 0 Å². The predicted octanol–water partition coefficient (Wildman–Crippen LogP) is 19.5. The van der Waals surface area contributed by atoms with Crippen LogP contribution in [0.15, 0.2) is 170 Å². The van der Waals surface area contributed by atoms with Crippen molar-refractivity contribution >= 4 is 46.9 Å². The summed E-state index contributed by atoms with van der Waals surface area (Å²) in [6.45, 7) is 30.7. The van der Waals surface area contributed by atoms with E-state index in [1.165, 1.54) is 22.3 Å². The van der Waals surface area contributed by atoms with Crippen molar-refractivity contribution in [2.24, 2.45) is 0 Å². The fraction of sp³-hybridized carbons (Fsp3) is 0.409. The van der Waals surface area contributed by atoms with Gasteiger partial charge >= 0.3 is 24.1 Å². The number of anilines is 4. The van der Waals surface area contributed by atoms with E-state index in [0.29, 0.717) is 130 Å². The molecule has 0 unspecified atom stereocenters. The summed E-state index contributed by atoms with van der Waals surface area (Å²) < 4.78 is 29.3. The van der Waals surface area contributed by atoms with Gasteiger partial charge in [-0.2, -0.15) is 0 Å². The number of urea groups is 4. The third-order valence-electron chi connectivity index (χ3n) is 18.5. The van der Waals surface area contributed by atoms with Gasteiger partial charge in [0, 0.05) is 74.6 Å². The smallest absolute Gasteiger partial charge is 0.319 e. The normalized spacial score (nSPS) is 12.3. The zero-order valence-corrected chi connectivity index (χ0v) is 63.6. The van der Waals surface area contributed by atoms with Crippen molar-refractivity contribution < 1.29 is 38.1 Å². The first-order valence-corrected chi connectivity index (χ1v) is 37.3. The Kier molecular flexibility index (Phi) is 27.8. The van der Waals surface area contributed by atoms with Gasteiger partial charge < -0.3 is 61.5 Å². The molecule has 0 saturated carbocycles. The highest BCUT2D eigenvalue weighted by molar-refractivity contribution is 5.91. The van der Waals surface area contributed by atoms with E-state index in [1.54, 1.807) is 0 Å². The zero-order chi connectivity index (χ0) is 74.3. The molecule has 8 amide bonds. The maximum absolute atomic E-state index is 13.1. The lowest BCUT2D eigenvalue weighted by Crippen LogP contribution is -2.29. The first-order valence-electron chi connectivity index (χ1n) is 37.3. The van der Waals surface area contributed by atoms with Gasteiger partial charge in [0.15, 0.2) is 0 Å². The average Bonchev–Trinajstić information content (AvgIpc) is 0.763. The second-order valence-electron chi connectivity index (χ2n) is 31.4. The van der Waals surface area contributed by atoms with Crippen LogP contribution in [0.3, 0.4) is 0 Å². The molecule has 1 aliphatic rings. The van der Waals surface area contributed by atoms with E-state index in [2.05, 4.69) is 174 Å². The van der Waals surface area contributed by atoms with Crippen LogP contribution in [0, 0.1) is 0 Å². The first-order chi connectivity index (χ1) is 49.7. The lowest BCUT2D eigenvalue weighted by Gasteiger charge is -2.29. The molecule has 16 heteroatoms. The Bertz CT molecular complexity index is 3490. The fourth-order valence-corrected chi connectivity index (χ4v) is 12.6. The van der Waals surface area contributed by atoms with Gasteiger partial charge in [0.25, 0.3) is 0 Å². The summed E-state index contributed by atoms with van der Waals surface area (Å²) in [5.41, 5.74) is 14.7. The number of carbonyl (C=O) groups is 4. The number of hydrogen-bond donors (Lipinski definition) is 8. The molecule has 0 fully saturated rings. The van der Waals surface area contributed by atoms with E-state index in [-0.39, 0.29) is 45.8 Å². The van der Waals surface area contributed by atoms with Crippen molar-refractivity contribution in [3.63, 3.8) is 0 Å². The molecule has 0 saturated heterocycles. The van der Waals surface area contributed by atoms with E-state index >= 15 is 0 Å². The van der Waals surface area contributed by atoms with Gasteiger partial charge in [-0.1, -0.05) is 204 Å². The number of para-hydroxylation sites is 4. The van der Waals surface area contributed by atoms with E-state index < -0.39 is 0 Å². The molecular weight excluding hydrogens is 1300 g/mol. The van der Waals surface area contributed by atoms with Crippen LogP contribution in [0.1, 0.15) is 201 Å². The molecule has 8 aromatic carbocycles. The average molecular weight is 1410 g/mol. The molecule has 0 radical (unpaired) electrons. The van der Waals surface area contributed by atoms with Crippen molar-refractivity contribution in [3.05, 3.63) is 237 Å². The van der Waals surface area contributed by atoms with Gasteiger partial charge in [-0.25, -0.2) is 19.2 Å². The number of fused-ring (bicyclic) bond motifs is 8. The number of ether oxygens (including phenoxy) is 4. The van der Waals surface area contributed by atoms with E-state index in [0.717, 1.165) is 90.3 Å². The van der Waals surface area contributed by atoms with Crippen LogP contribution in [-0.2, 0) is 47.3 Å². The zero-order valence-electron chi connectivity index (χ0n) is 63.6. The molecule has 0 aliphatic heterocycles. The summed E-state index contributed by atoms with van der Waals surface area (Å²) in [6.07, 6.45) is 7.34. The second-order valence-corrected chi connectivity index (χ2v) is 31.4. The molecular formula is C88H112N8O8.